The maximum atomic E-state index is 12.4. The van der Waals surface area contributed by atoms with Gasteiger partial charge in [0, 0.05) is 37.2 Å². The van der Waals surface area contributed by atoms with E-state index in [4.69, 9.17) is 0 Å². The topological polar surface area (TPSA) is 25.2 Å². The fourth-order valence-corrected chi connectivity index (χ4v) is 2.75. The smallest absolute Gasteiger partial charge is 0.256 e. The molecule has 88 valence electrons. The van der Waals surface area contributed by atoms with E-state index >= 15 is 0 Å². The van der Waals surface area contributed by atoms with Gasteiger partial charge in [0.25, 0.3) is 5.91 Å². The summed E-state index contributed by atoms with van der Waals surface area (Å²) in [4.78, 5) is 14.2. The van der Waals surface area contributed by atoms with Crippen LogP contribution in [0.2, 0.25) is 0 Å². The first-order valence-electron chi connectivity index (χ1n) is 6.02. The predicted molar refractivity (Wildman–Crippen MR) is 68.2 cm³/mol. The van der Waals surface area contributed by atoms with E-state index in [1.54, 1.807) is 0 Å². The number of carbonyl (C=O) groups excluding carboxylic acids is 1. The van der Waals surface area contributed by atoms with E-state index in [0.717, 1.165) is 35.9 Å². The van der Waals surface area contributed by atoms with Gasteiger partial charge < -0.3 is 9.47 Å². The highest BCUT2D eigenvalue weighted by molar-refractivity contribution is 6.08. The SMILES string of the molecule is CN1CCCc2c(c3ccccc3n2C)C1=O. The van der Waals surface area contributed by atoms with Gasteiger partial charge in [-0.2, -0.15) is 0 Å². The second-order valence-electron chi connectivity index (χ2n) is 4.73. The number of para-hydroxylation sites is 1. The van der Waals surface area contributed by atoms with Crippen LogP contribution >= 0.6 is 0 Å². The molecule has 3 nitrogen and oxygen atoms in total. The molecule has 0 saturated carbocycles. The molecule has 1 aromatic carbocycles. The molecule has 2 aromatic rings. The first-order chi connectivity index (χ1) is 8.20. The Bertz CT molecular complexity index is 598. The van der Waals surface area contributed by atoms with E-state index in [1.807, 2.05) is 30.1 Å². The first-order valence-corrected chi connectivity index (χ1v) is 6.02. The molecule has 1 amide bonds. The second kappa shape index (κ2) is 3.62. The number of aryl methyl sites for hydroxylation is 1. The van der Waals surface area contributed by atoms with E-state index < -0.39 is 0 Å². The lowest BCUT2D eigenvalue weighted by Gasteiger charge is -2.13. The molecule has 0 unspecified atom stereocenters. The van der Waals surface area contributed by atoms with Crippen LogP contribution in [0.1, 0.15) is 22.5 Å². The van der Waals surface area contributed by atoms with Crippen LogP contribution in [0.25, 0.3) is 10.9 Å². The molecule has 3 heteroatoms. The molecule has 2 heterocycles. The van der Waals surface area contributed by atoms with E-state index in [-0.39, 0.29) is 5.91 Å². The lowest BCUT2D eigenvalue weighted by atomic mass is 10.1. The lowest BCUT2D eigenvalue weighted by Crippen LogP contribution is -2.26. The lowest BCUT2D eigenvalue weighted by molar-refractivity contribution is 0.0802. The zero-order valence-electron chi connectivity index (χ0n) is 10.2. The summed E-state index contributed by atoms with van der Waals surface area (Å²) in [6.07, 6.45) is 2.02. The van der Waals surface area contributed by atoms with Gasteiger partial charge in [-0.25, -0.2) is 0 Å². The summed E-state index contributed by atoms with van der Waals surface area (Å²) in [5.41, 5.74) is 3.24. The summed E-state index contributed by atoms with van der Waals surface area (Å²) in [6.45, 7) is 0.849. The van der Waals surface area contributed by atoms with Crippen LogP contribution in [0, 0.1) is 0 Å². The number of rotatable bonds is 0. The second-order valence-corrected chi connectivity index (χ2v) is 4.73. The third kappa shape index (κ3) is 1.38. The van der Waals surface area contributed by atoms with Crippen molar-refractivity contribution >= 4 is 16.8 Å². The number of hydrogen-bond donors (Lipinski definition) is 0. The Morgan fingerprint density at radius 1 is 1.18 bits per heavy atom. The fourth-order valence-electron chi connectivity index (χ4n) is 2.75. The molecule has 0 spiro atoms. The van der Waals surface area contributed by atoms with E-state index in [1.165, 1.54) is 5.69 Å². The fraction of sp³-hybridized carbons (Fsp3) is 0.357. The number of fused-ring (bicyclic) bond motifs is 3. The van der Waals surface area contributed by atoms with Gasteiger partial charge in [0.1, 0.15) is 0 Å². The molecule has 0 fully saturated rings. The van der Waals surface area contributed by atoms with Crippen molar-refractivity contribution in [2.24, 2.45) is 7.05 Å². The van der Waals surface area contributed by atoms with Gasteiger partial charge >= 0.3 is 0 Å². The Kier molecular flexibility index (Phi) is 2.21. The quantitative estimate of drug-likeness (QED) is 0.678. The average molecular weight is 228 g/mol. The molecule has 1 aliphatic rings. The van der Waals surface area contributed by atoms with Gasteiger partial charge in [0.15, 0.2) is 0 Å². The number of aromatic nitrogens is 1. The predicted octanol–water partition coefficient (Wildman–Crippen LogP) is 2.20. The minimum Gasteiger partial charge on any atom is -0.347 e. The molecular formula is C14H16N2O. The van der Waals surface area contributed by atoms with Gasteiger partial charge in [-0.05, 0) is 18.9 Å². The Morgan fingerprint density at radius 2 is 1.94 bits per heavy atom. The Balaban J connectivity index is 2.36. The Hall–Kier alpha value is -1.77. The molecule has 1 aromatic heterocycles. The van der Waals surface area contributed by atoms with Crippen molar-refractivity contribution in [1.29, 1.82) is 0 Å². The third-order valence-corrected chi connectivity index (χ3v) is 3.70. The number of hydrogen-bond acceptors (Lipinski definition) is 1. The highest BCUT2D eigenvalue weighted by atomic mass is 16.2. The third-order valence-electron chi connectivity index (χ3n) is 3.70. The van der Waals surface area contributed by atoms with Crippen LogP contribution < -0.4 is 0 Å². The van der Waals surface area contributed by atoms with Crippen molar-refractivity contribution in [3.8, 4) is 0 Å². The van der Waals surface area contributed by atoms with Crippen molar-refractivity contribution < 1.29 is 4.79 Å². The van der Waals surface area contributed by atoms with Gasteiger partial charge in [-0.1, -0.05) is 18.2 Å². The van der Waals surface area contributed by atoms with Crippen LogP contribution in [0.5, 0.6) is 0 Å². The van der Waals surface area contributed by atoms with Gasteiger partial charge in [0.05, 0.1) is 5.56 Å². The summed E-state index contributed by atoms with van der Waals surface area (Å²) in [6, 6.07) is 8.15. The van der Waals surface area contributed by atoms with Crippen molar-refractivity contribution in [1.82, 2.24) is 9.47 Å². The summed E-state index contributed by atoms with van der Waals surface area (Å²) in [5.74, 6) is 0.161. The highest BCUT2D eigenvalue weighted by Crippen LogP contribution is 2.29. The van der Waals surface area contributed by atoms with Crippen LogP contribution in [-0.4, -0.2) is 29.0 Å². The van der Waals surface area contributed by atoms with Crippen LogP contribution in [-0.2, 0) is 13.5 Å². The summed E-state index contributed by atoms with van der Waals surface area (Å²) < 4.78 is 2.17. The summed E-state index contributed by atoms with van der Waals surface area (Å²) in [5, 5.41) is 1.09. The molecule has 0 bridgehead atoms. The molecule has 0 N–H and O–H groups in total. The Morgan fingerprint density at radius 3 is 2.76 bits per heavy atom. The van der Waals surface area contributed by atoms with Gasteiger partial charge in [-0.15, -0.1) is 0 Å². The monoisotopic (exact) mass is 228 g/mol. The number of benzene rings is 1. The van der Waals surface area contributed by atoms with Crippen LogP contribution in [0.4, 0.5) is 0 Å². The highest BCUT2D eigenvalue weighted by Gasteiger charge is 2.25. The molecule has 0 radical (unpaired) electrons. The zero-order chi connectivity index (χ0) is 12.0. The van der Waals surface area contributed by atoms with Crippen molar-refractivity contribution in [2.75, 3.05) is 13.6 Å². The molecule has 1 aliphatic heterocycles. The van der Waals surface area contributed by atoms with Crippen molar-refractivity contribution in [2.45, 2.75) is 12.8 Å². The molecule has 17 heavy (non-hydrogen) atoms. The zero-order valence-corrected chi connectivity index (χ0v) is 10.2. The molecule has 3 rings (SSSR count). The molecular weight excluding hydrogens is 212 g/mol. The van der Waals surface area contributed by atoms with Gasteiger partial charge in [-0.3, -0.25) is 4.79 Å². The molecule has 0 atom stereocenters. The standard InChI is InChI=1S/C14H16N2O/c1-15-9-5-8-12-13(14(15)17)10-6-3-4-7-11(10)16(12)2/h3-4,6-7H,5,8-9H2,1-2H3. The molecule has 0 saturated heterocycles. The molecule has 0 aliphatic carbocycles. The van der Waals surface area contributed by atoms with Crippen molar-refractivity contribution in [3.63, 3.8) is 0 Å². The van der Waals surface area contributed by atoms with Crippen LogP contribution in [0.3, 0.4) is 0 Å². The average Bonchev–Trinajstić information content (AvgIpc) is 2.53. The summed E-state index contributed by atoms with van der Waals surface area (Å²) in [7, 11) is 3.94. The Labute approximate surface area is 101 Å². The number of amides is 1. The maximum Gasteiger partial charge on any atom is 0.256 e. The van der Waals surface area contributed by atoms with Crippen LogP contribution in [0.15, 0.2) is 24.3 Å². The largest absolute Gasteiger partial charge is 0.347 e. The first kappa shape index (κ1) is 10.4. The van der Waals surface area contributed by atoms with Gasteiger partial charge in [0.2, 0.25) is 0 Å². The maximum absolute atomic E-state index is 12.4. The van der Waals surface area contributed by atoms with Crippen molar-refractivity contribution in [3.05, 3.63) is 35.5 Å². The number of nitrogens with zero attached hydrogens (tertiary/aromatic N) is 2. The minimum absolute atomic E-state index is 0.161. The van der Waals surface area contributed by atoms with E-state index in [2.05, 4.69) is 17.7 Å². The van der Waals surface area contributed by atoms with E-state index in [9.17, 15) is 4.79 Å². The summed E-state index contributed by atoms with van der Waals surface area (Å²) >= 11 is 0. The minimum atomic E-state index is 0.161. The van der Waals surface area contributed by atoms with E-state index in [0.29, 0.717) is 0 Å². The number of carbonyl (C=O) groups is 1. The normalized spacial score (nSPS) is 16.1.